The van der Waals surface area contributed by atoms with Crippen LogP contribution in [0.3, 0.4) is 0 Å². The third-order valence-electron chi connectivity index (χ3n) is 8.03. The number of fused-ring (bicyclic) bond motifs is 18. The molecule has 12 heteroatoms. The van der Waals surface area contributed by atoms with Gasteiger partial charge in [0.1, 0.15) is 23.8 Å². The molecular weight excluding hydrogens is 610 g/mol. The van der Waals surface area contributed by atoms with Crippen LogP contribution in [0.25, 0.3) is 0 Å². The Kier molecular flexibility index (Phi) is 12.8. The average Bonchev–Trinajstić information content (AvgIpc) is 3.07. The molecule has 5 amide bonds. The fourth-order valence-corrected chi connectivity index (χ4v) is 5.35. The SMILES string of the molecule is Cc1cnc(C(=O)N2CCCCNC(=O)[C@@H](C)NC(=O)[C@H](CC(C)C)NC(=O)[C@@H](Cc3ccccc3)NC(=O)c3ccc(cc3)C2)cn1. The molecule has 3 aromatic rings. The first-order chi connectivity index (χ1) is 23.0. The minimum Gasteiger partial charge on any atom is -0.354 e. The summed E-state index contributed by atoms with van der Waals surface area (Å²) in [5, 5.41) is 11.3. The maximum absolute atomic E-state index is 13.7. The molecule has 0 saturated heterocycles. The summed E-state index contributed by atoms with van der Waals surface area (Å²) in [6, 6.07) is 13.4. The summed E-state index contributed by atoms with van der Waals surface area (Å²) in [5.74, 6) is -2.04. The molecule has 2 aliphatic rings. The van der Waals surface area contributed by atoms with E-state index >= 15 is 0 Å². The highest BCUT2D eigenvalue weighted by Crippen LogP contribution is 2.14. The van der Waals surface area contributed by atoms with Gasteiger partial charge in [-0.25, -0.2) is 4.98 Å². The lowest BCUT2D eigenvalue weighted by molar-refractivity contribution is -0.132. The summed E-state index contributed by atoms with van der Waals surface area (Å²) in [5.41, 5.74) is 2.89. The number of aromatic nitrogens is 2. The Morgan fingerprint density at radius 2 is 1.56 bits per heavy atom. The van der Waals surface area contributed by atoms with Crippen LogP contribution in [0.15, 0.2) is 67.0 Å². The Hall–Kier alpha value is -5.13. The van der Waals surface area contributed by atoms with Crippen LogP contribution in [0.4, 0.5) is 0 Å². The van der Waals surface area contributed by atoms with Gasteiger partial charge in [-0.15, -0.1) is 0 Å². The highest BCUT2D eigenvalue weighted by Gasteiger charge is 2.29. The number of hydrogen-bond acceptors (Lipinski definition) is 7. The number of aryl methyl sites for hydroxylation is 1. The summed E-state index contributed by atoms with van der Waals surface area (Å²) in [4.78, 5) is 77.0. The smallest absolute Gasteiger partial charge is 0.274 e. The number of nitrogens with one attached hydrogen (secondary N) is 4. The van der Waals surface area contributed by atoms with Gasteiger partial charge in [-0.3, -0.25) is 29.0 Å². The van der Waals surface area contributed by atoms with Crippen molar-refractivity contribution in [3.05, 3.63) is 95.1 Å². The fraction of sp³-hybridized carbons (Fsp3) is 0.417. The highest BCUT2D eigenvalue weighted by atomic mass is 16.2. The molecule has 0 aliphatic carbocycles. The summed E-state index contributed by atoms with van der Waals surface area (Å²) in [7, 11) is 0. The largest absolute Gasteiger partial charge is 0.354 e. The monoisotopic (exact) mass is 655 g/mol. The molecule has 48 heavy (non-hydrogen) atoms. The van der Waals surface area contributed by atoms with E-state index in [0.717, 1.165) is 11.1 Å². The Morgan fingerprint density at radius 3 is 2.23 bits per heavy atom. The van der Waals surface area contributed by atoms with E-state index in [-0.39, 0.29) is 36.4 Å². The number of rotatable bonds is 5. The zero-order valence-corrected chi connectivity index (χ0v) is 28.0. The van der Waals surface area contributed by atoms with Crippen molar-refractivity contribution in [1.29, 1.82) is 0 Å². The maximum atomic E-state index is 13.7. The van der Waals surface area contributed by atoms with Crippen LogP contribution in [-0.2, 0) is 27.3 Å². The van der Waals surface area contributed by atoms with Crippen molar-refractivity contribution >= 4 is 29.5 Å². The molecule has 4 N–H and O–H groups in total. The van der Waals surface area contributed by atoms with Crippen molar-refractivity contribution in [1.82, 2.24) is 36.1 Å². The molecule has 3 atom stereocenters. The van der Waals surface area contributed by atoms with Crippen molar-refractivity contribution in [3.8, 4) is 0 Å². The third-order valence-corrected chi connectivity index (χ3v) is 8.03. The zero-order chi connectivity index (χ0) is 34.6. The molecular formula is C36H45N7O5. The van der Waals surface area contributed by atoms with Crippen LogP contribution < -0.4 is 21.3 Å². The van der Waals surface area contributed by atoms with Gasteiger partial charge >= 0.3 is 0 Å². The Morgan fingerprint density at radius 1 is 0.854 bits per heavy atom. The van der Waals surface area contributed by atoms with Crippen LogP contribution in [0, 0.1) is 12.8 Å². The molecule has 0 fully saturated rings. The van der Waals surface area contributed by atoms with Gasteiger partial charge in [0, 0.05) is 37.8 Å². The lowest BCUT2D eigenvalue weighted by Crippen LogP contribution is -2.57. The summed E-state index contributed by atoms with van der Waals surface area (Å²) in [6.07, 6.45) is 4.71. The predicted molar refractivity (Wildman–Crippen MR) is 181 cm³/mol. The second-order valence-electron chi connectivity index (χ2n) is 12.6. The molecule has 5 rings (SSSR count). The average molecular weight is 656 g/mol. The Labute approximate surface area is 281 Å². The minimum absolute atomic E-state index is 0.0600. The van der Waals surface area contributed by atoms with Crippen molar-refractivity contribution in [2.24, 2.45) is 5.92 Å². The number of benzene rings is 2. The molecule has 2 aliphatic heterocycles. The topological polar surface area (TPSA) is 162 Å². The number of carbonyl (C=O) groups excluding carboxylic acids is 5. The van der Waals surface area contributed by atoms with Crippen molar-refractivity contribution in [2.45, 2.75) is 78.0 Å². The van der Waals surface area contributed by atoms with Gasteiger partial charge in [0.15, 0.2) is 0 Å². The maximum Gasteiger partial charge on any atom is 0.274 e. The molecule has 2 bridgehead atoms. The van der Waals surface area contributed by atoms with Gasteiger partial charge in [-0.1, -0.05) is 56.3 Å². The molecule has 0 saturated carbocycles. The quantitative estimate of drug-likeness (QED) is 0.307. The first-order valence-electron chi connectivity index (χ1n) is 16.4. The van der Waals surface area contributed by atoms with Gasteiger partial charge in [0.2, 0.25) is 17.7 Å². The lowest BCUT2D eigenvalue weighted by atomic mass is 10.0. The van der Waals surface area contributed by atoms with Crippen LogP contribution >= 0.6 is 0 Å². The van der Waals surface area contributed by atoms with Crippen LogP contribution in [0.5, 0.6) is 0 Å². The predicted octanol–water partition coefficient (Wildman–Crippen LogP) is 2.71. The second-order valence-corrected chi connectivity index (χ2v) is 12.6. The van der Waals surface area contributed by atoms with Gasteiger partial charge in [0.05, 0.1) is 11.9 Å². The molecule has 0 radical (unpaired) electrons. The van der Waals surface area contributed by atoms with E-state index in [1.54, 1.807) is 49.2 Å². The van der Waals surface area contributed by atoms with Crippen molar-refractivity contribution in [3.63, 3.8) is 0 Å². The van der Waals surface area contributed by atoms with E-state index in [1.165, 1.54) is 6.20 Å². The highest BCUT2D eigenvalue weighted by molar-refractivity contribution is 5.99. The third kappa shape index (κ3) is 10.4. The van der Waals surface area contributed by atoms with E-state index in [0.29, 0.717) is 43.6 Å². The fourth-order valence-electron chi connectivity index (χ4n) is 5.35. The number of carbonyl (C=O) groups is 5. The van der Waals surface area contributed by atoms with E-state index < -0.39 is 35.8 Å². The first kappa shape index (κ1) is 35.7. The molecule has 12 nitrogen and oxygen atoms in total. The van der Waals surface area contributed by atoms with Gasteiger partial charge in [-0.2, -0.15) is 0 Å². The first-order valence-corrected chi connectivity index (χ1v) is 16.4. The Balaban J connectivity index is 1.62. The van der Waals surface area contributed by atoms with E-state index in [9.17, 15) is 24.0 Å². The van der Waals surface area contributed by atoms with Gasteiger partial charge < -0.3 is 26.2 Å². The van der Waals surface area contributed by atoms with Gasteiger partial charge in [0.25, 0.3) is 11.8 Å². The molecule has 1 aromatic heterocycles. The summed E-state index contributed by atoms with van der Waals surface area (Å²) < 4.78 is 0. The minimum atomic E-state index is -0.986. The number of amides is 5. The lowest BCUT2D eigenvalue weighted by Gasteiger charge is -2.25. The zero-order valence-electron chi connectivity index (χ0n) is 28.0. The van der Waals surface area contributed by atoms with Crippen LogP contribution in [0.2, 0.25) is 0 Å². The van der Waals surface area contributed by atoms with Crippen LogP contribution in [0.1, 0.15) is 77.7 Å². The normalized spacial score (nSPS) is 20.3. The molecule has 2 aromatic carbocycles. The molecule has 254 valence electrons. The summed E-state index contributed by atoms with van der Waals surface area (Å²) in [6.45, 7) is 8.26. The number of nitrogens with zero attached hydrogens (tertiary/aromatic N) is 3. The van der Waals surface area contributed by atoms with Crippen molar-refractivity contribution in [2.75, 3.05) is 13.1 Å². The van der Waals surface area contributed by atoms with E-state index in [1.807, 2.05) is 44.2 Å². The Bertz CT molecular complexity index is 1560. The van der Waals surface area contributed by atoms with Crippen molar-refractivity contribution < 1.29 is 24.0 Å². The number of hydrogen-bond donors (Lipinski definition) is 4. The standard InChI is InChI=1S/C36H45N7O5/c1-23(2)18-29-34(46)40-25(4)32(44)37-16-8-9-17-43(36(48)31-21-38-24(3)20-39-31)22-27-12-14-28(15-13-27)33(45)41-30(35(47)42-29)19-26-10-6-5-7-11-26/h5-7,10-15,20-21,23,25,29-30H,8-9,16-19,22H2,1-4H3,(H,37,44)(H,40,46)(H,41,45)(H,42,47)/t25-,29+,30-/m1/s1. The van der Waals surface area contributed by atoms with E-state index in [2.05, 4.69) is 31.2 Å². The molecule has 0 spiro atoms. The molecule has 3 heterocycles. The van der Waals surface area contributed by atoms with Gasteiger partial charge in [-0.05, 0) is 62.3 Å². The summed E-state index contributed by atoms with van der Waals surface area (Å²) >= 11 is 0. The van der Waals surface area contributed by atoms with E-state index in [4.69, 9.17) is 0 Å². The van der Waals surface area contributed by atoms with Crippen LogP contribution in [-0.4, -0.2) is 75.6 Å². The molecule has 0 unspecified atom stereocenters. The second kappa shape index (κ2) is 17.1.